The van der Waals surface area contributed by atoms with E-state index >= 15 is 0 Å². The first-order valence-corrected chi connectivity index (χ1v) is 6.75. The number of hydrogen-bond donors (Lipinski definition) is 1. The number of fused-ring (bicyclic) bond motifs is 2. The summed E-state index contributed by atoms with van der Waals surface area (Å²) in [7, 11) is 0. The number of aliphatic hydroxyl groups excluding tert-OH is 1. The van der Waals surface area contributed by atoms with Crippen molar-refractivity contribution in [1.82, 2.24) is 0 Å². The van der Waals surface area contributed by atoms with Gasteiger partial charge in [0.2, 0.25) is 0 Å². The molecule has 0 fully saturated rings. The minimum absolute atomic E-state index is 0.0742. The fourth-order valence-corrected chi connectivity index (χ4v) is 2.73. The Morgan fingerprint density at radius 1 is 1.50 bits per heavy atom. The molecule has 0 aromatic heterocycles. The number of ether oxygens (including phenoxy) is 1. The van der Waals surface area contributed by atoms with E-state index in [4.69, 9.17) is 4.74 Å². The second-order valence-electron chi connectivity index (χ2n) is 5.38. The molecule has 2 bridgehead atoms. The van der Waals surface area contributed by atoms with Crippen LogP contribution >= 0.6 is 0 Å². The van der Waals surface area contributed by atoms with Crippen LogP contribution in [0.1, 0.15) is 39.5 Å². The van der Waals surface area contributed by atoms with E-state index in [0.717, 1.165) is 31.3 Å². The lowest BCUT2D eigenvalue weighted by molar-refractivity contribution is 0.000398. The summed E-state index contributed by atoms with van der Waals surface area (Å²) in [5.41, 5.74) is 2.22. The smallest absolute Gasteiger partial charge is 0.124 e. The van der Waals surface area contributed by atoms with Crippen LogP contribution in [0.3, 0.4) is 0 Å². The lowest BCUT2D eigenvalue weighted by Gasteiger charge is -2.26. The lowest BCUT2D eigenvalue weighted by atomic mass is 9.89. The van der Waals surface area contributed by atoms with Gasteiger partial charge in [0.05, 0.1) is 12.2 Å². The molecule has 2 heterocycles. The molecule has 1 N–H and O–H groups in total. The van der Waals surface area contributed by atoms with Gasteiger partial charge in [-0.05, 0) is 38.7 Å². The highest BCUT2D eigenvalue weighted by molar-refractivity contribution is 5.23. The molecule has 0 aromatic rings. The first kappa shape index (κ1) is 13.4. The maximum absolute atomic E-state index is 10.2. The van der Waals surface area contributed by atoms with Crippen molar-refractivity contribution in [2.24, 2.45) is 5.92 Å². The highest BCUT2D eigenvalue weighted by Gasteiger charge is 2.34. The van der Waals surface area contributed by atoms with Crippen LogP contribution in [0.4, 0.5) is 0 Å². The summed E-state index contributed by atoms with van der Waals surface area (Å²) >= 11 is 0. The Morgan fingerprint density at radius 3 is 3.00 bits per heavy atom. The van der Waals surface area contributed by atoms with E-state index in [9.17, 15) is 5.11 Å². The van der Waals surface area contributed by atoms with Crippen LogP contribution in [0.25, 0.3) is 0 Å². The summed E-state index contributed by atoms with van der Waals surface area (Å²) in [4.78, 5) is 0. The van der Waals surface area contributed by atoms with Crippen molar-refractivity contribution in [2.45, 2.75) is 57.8 Å². The second-order valence-corrected chi connectivity index (χ2v) is 5.38. The van der Waals surface area contributed by atoms with E-state index in [1.807, 2.05) is 6.92 Å². The average Bonchev–Trinajstić information content (AvgIpc) is 2.61. The van der Waals surface area contributed by atoms with Gasteiger partial charge in [0.15, 0.2) is 0 Å². The second kappa shape index (κ2) is 5.73. The van der Waals surface area contributed by atoms with Gasteiger partial charge in [0, 0.05) is 12.3 Å². The molecule has 0 spiro atoms. The number of hydrogen-bond acceptors (Lipinski definition) is 2. The Morgan fingerprint density at radius 2 is 2.28 bits per heavy atom. The van der Waals surface area contributed by atoms with Crippen LogP contribution in [-0.4, -0.2) is 23.4 Å². The van der Waals surface area contributed by atoms with Gasteiger partial charge in [0.25, 0.3) is 0 Å². The van der Waals surface area contributed by atoms with E-state index in [1.54, 1.807) is 0 Å². The molecule has 0 aliphatic carbocycles. The third kappa shape index (κ3) is 2.85. The molecule has 0 saturated carbocycles. The maximum atomic E-state index is 10.2. The van der Waals surface area contributed by atoms with Crippen molar-refractivity contribution in [3.05, 3.63) is 23.8 Å². The molecular formula is C16H22O2. The van der Waals surface area contributed by atoms with E-state index in [1.165, 1.54) is 5.57 Å². The van der Waals surface area contributed by atoms with Crippen LogP contribution in [-0.2, 0) is 4.74 Å². The van der Waals surface area contributed by atoms with Gasteiger partial charge < -0.3 is 9.84 Å². The van der Waals surface area contributed by atoms with E-state index in [2.05, 4.69) is 31.4 Å². The third-order valence-electron chi connectivity index (χ3n) is 3.79. The summed E-state index contributed by atoms with van der Waals surface area (Å²) in [5, 5.41) is 10.2. The van der Waals surface area contributed by atoms with E-state index < -0.39 is 6.10 Å². The van der Waals surface area contributed by atoms with Gasteiger partial charge in [-0.15, -0.1) is 5.92 Å². The Bertz CT molecular complexity index is 411. The summed E-state index contributed by atoms with van der Waals surface area (Å²) < 4.78 is 6.07. The Balaban J connectivity index is 2.26. The normalized spacial score (nSPS) is 36.1. The molecule has 18 heavy (non-hydrogen) atoms. The van der Waals surface area contributed by atoms with Gasteiger partial charge in [-0.1, -0.05) is 24.1 Å². The van der Waals surface area contributed by atoms with Gasteiger partial charge in [-0.25, -0.2) is 0 Å². The standard InChI is InChI=1S/C16H22O2/c1-11(2)16-13(17)8-6-4-5-7-9-14-12(3)10-15(16)18-14/h10,13-17H,1,4-5,7,9H2,2-3H3/t13-,14-,15-,16+/m1/s1. The molecule has 0 amide bonds. The summed E-state index contributed by atoms with van der Waals surface area (Å²) in [5.74, 6) is 5.90. The summed E-state index contributed by atoms with van der Waals surface area (Å²) in [6, 6.07) is 0. The quantitative estimate of drug-likeness (QED) is 0.569. The number of rotatable bonds is 1. The average molecular weight is 246 g/mol. The molecule has 4 atom stereocenters. The summed E-state index contributed by atoms with van der Waals surface area (Å²) in [6.07, 6.45) is 5.72. The van der Waals surface area contributed by atoms with Crippen molar-refractivity contribution >= 4 is 0 Å². The Labute approximate surface area is 110 Å². The molecule has 2 aliphatic heterocycles. The highest BCUT2D eigenvalue weighted by Crippen LogP contribution is 2.32. The van der Waals surface area contributed by atoms with Crippen LogP contribution in [0.15, 0.2) is 23.8 Å². The van der Waals surface area contributed by atoms with Gasteiger partial charge in [-0.2, -0.15) is 0 Å². The minimum Gasteiger partial charge on any atom is -0.380 e. The molecular weight excluding hydrogens is 224 g/mol. The van der Waals surface area contributed by atoms with Crippen molar-refractivity contribution in [2.75, 3.05) is 0 Å². The van der Waals surface area contributed by atoms with Crippen LogP contribution in [0.2, 0.25) is 0 Å². The largest absolute Gasteiger partial charge is 0.380 e. The van der Waals surface area contributed by atoms with Crippen molar-refractivity contribution in [3.63, 3.8) is 0 Å². The Kier molecular flexibility index (Phi) is 4.27. The van der Waals surface area contributed by atoms with Crippen molar-refractivity contribution < 1.29 is 9.84 Å². The zero-order valence-corrected chi connectivity index (χ0v) is 11.3. The van der Waals surface area contributed by atoms with Crippen LogP contribution in [0, 0.1) is 17.8 Å². The molecule has 2 aliphatic rings. The lowest BCUT2D eigenvalue weighted by Crippen LogP contribution is -2.32. The molecule has 2 heteroatoms. The predicted octanol–water partition coefficient (Wildman–Crippen LogP) is 2.83. The predicted molar refractivity (Wildman–Crippen MR) is 73.0 cm³/mol. The van der Waals surface area contributed by atoms with Crippen LogP contribution in [0.5, 0.6) is 0 Å². The first-order valence-electron chi connectivity index (χ1n) is 6.75. The molecule has 0 saturated heterocycles. The topological polar surface area (TPSA) is 29.5 Å². The molecule has 2 rings (SSSR count). The molecule has 0 radical (unpaired) electrons. The van der Waals surface area contributed by atoms with E-state index in [-0.39, 0.29) is 18.1 Å². The van der Waals surface area contributed by atoms with E-state index in [0.29, 0.717) is 0 Å². The fourth-order valence-electron chi connectivity index (χ4n) is 2.73. The minimum atomic E-state index is -0.673. The maximum Gasteiger partial charge on any atom is 0.124 e. The zero-order chi connectivity index (χ0) is 13.1. The molecule has 0 aromatic carbocycles. The summed E-state index contributed by atoms with van der Waals surface area (Å²) in [6.45, 7) is 8.04. The van der Waals surface area contributed by atoms with Gasteiger partial charge in [-0.3, -0.25) is 0 Å². The Hall–Kier alpha value is -1.04. The zero-order valence-electron chi connectivity index (χ0n) is 11.3. The van der Waals surface area contributed by atoms with Crippen LogP contribution < -0.4 is 0 Å². The van der Waals surface area contributed by atoms with Crippen molar-refractivity contribution in [1.29, 1.82) is 0 Å². The van der Waals surface area contributed by atoms with Gasteiger partial charge >= 0.3 is 0 Å². The van der Waals surface area contributed by atoms with Crippen molar-refractivity contribution in [3.8, 4) is 11.8 Å². The molecule has 2 nitrogen and oxygen atoms in total. The SMILES string of the molecule is C=C(C)[C@H]1[C@H](O)C#CCCCC[C@H]2O[C@@H]1C=C2C. The third-order valence-corrected chi connectivity index (χ3v) is 3.79. The molecule has 0 unspecified atom stereocenters. The highest BCUT2D eigenvalue weighted by atomic mass is 16.5. The number of aliphatic hydroxyl groups is 1. The first-order chi connectivity index (χ1) is 8.59. The monoisotopic (exact) mass is 246 g/mol. The molecule has 98 valence electrons. The van der Waals surface area contributed by atoms with Gasteiger partial charge in [0.1, 0.15) is 6.10 Å². The fraction of sp³-hybridized carbons (Fsp3) is 0.625.